The molecule has 6 heteroatoms. The van der Waals surface area contributed by atoms with Crippen molar-refractivity contribution in [3.05, 3.63) is 85.3 Å². The van der Waals surface area contributed by atoms with E-state index in [2.05, 4.69) is 5.32 Å². The number of urea groups is 1. The molecule has 0 spiro atoms. The van der Waals surface area contributed by atoms with Gasteiger partial charge in [0.1, 0.15) is 5.82 Å². The van der Waals surface area contributed by atoms with Crippen molar-refractivity contribution in [2.45, 2.75) is 45.1 Å². The first-order chi connectivity index (χ1) is 15.0. The fourth-order valence-corrected chi connectivity index (χ4v) is 6.53. The van der Waals surface area contributed by atoms with E-state index in [0.29, 0.717) is 17.3 Å². The first-order valence-corrected chi connectivity index (χ1v) is 11.9. The number of thiophene rings is 1. The third-order valence-corrected chi connectivity index (χ3v) is 8.23. The SMILES string of the molecule is Cc1c(Cl)cccc1NC(=O)N1CCc2c(sc3c2CCCC3)[C@H]1c1ccc(F)cc1. The third-order valence-electron chi connectivity index (χ3n) is 6.43. The zero-order valence-corrected chi connectivity index (χ0v) is 19.0. The summed E-state index contributed by atoms with van der Waals surface area (Å²) in [5.74, 6) is -0.268. The molecule has 2 aliphatic rings. The van der Waals surface area contributed by atoms with E-state index in [0.717, 1.165) is 30.4 Å². The number of aryl methyl sites for hydroxylation is 1. The van der Waals surface area contributed by atoms with Crippen LogP contribution in [0.5, 0.6) is 0 Å². The van der Waals surface area contributed by atoms with Gasteiger partial charge in [-0.05, 0) is 85.5 Å². The number of anilines is 1. The molecule has 2 heterocycles. The highest BCUT2D eigenvalue weighted by Crippen LogP contribution is 2.45. The van der Waals surface area contributed by atoms with E-state index in [1.54, 1.807) is 12.1 Å². The summed E-state index contributed by atoms with van der Waals surface area (Å²) in [4.78, 5) is 18.0. The molecule has 1 aliphatic carbocycles. The maximum Gasteiger partial charge on any atom is 0.322 e. The van der Waals surface area contributed by atoms with Gasteiger partial charge in [0.25, 0.3) is 0 Å². The summed E-state index contributed by atoms with van der Waals surface area (Å²) in [5, 5.41) is 3.68. The Morgan fingerprint density at radius 3 is 2.68 bits per heavy atom. The largest absolute Gasteiger partial charge is 0.322 e. The zero-order valence-electron chi connectivity index (χ0n) is 17.4. The Bertz CT molecular complexity index is 1140. The van der Waals surface area contributed by atoms with E-state index < -0.39 is 0 Å². The van der Waals surface area contributed by atoms with Crippen LogP contribution in [0.15, 0.2) is 42.5 Å². The van der Waals surface area contributed by atoms with Gasteiger partial charge < -0.3 is 10.2 Å². The summed E-state index contributed by atoms with van der Waals surface area (Å²) >= 11 is 8.09. The molecule has 1 aliphatic heterocycles. The molecule has 3 aromatic rings. The van der Waals surface area contributed by atoms with Crippen molar-refractivity contribution in [3.63, 3.8) is 0 Å². The number of benzene rings is 2. The maximum atomic E-state index is 13.7. The molecule has 0 fully saturated rings. The zero-order chi connectivity index (χ0) is 21.5. The van der Waals surface area contributed by atoms with Crippen molar-refractivity contribution in [2.24, 2.45) is 0 Å². The Labute approximate surface area is 190 Å². The molecule has 0 saturated heterocycles. The van der Waals surface area contributed by atoms with Crippen LogP contribution in [0.1, 0.15) is 50.9 Å². The van der Waals surface area contributed by atoms with E-state index in [9.17, 15) is 9.18 Å². The van der Waals surface area contributed by atoms with Gasteiger partial charge >= 0.3 is 6.03 Å². The lowest BCUT2D eigenvalue weighted by Crippen LogP contribution is -2.42. The number of amides is 2. The fraction of sp³-hybridized carbons (Fsp3) is 0.320. The molecule has 1 aromatic heterocycles. The first kappa shape index (κ1) is 20.5. The second-order valence-electron chi connectivity index (χ2n) is 8.29. The molecule has 3 nitrogen and oxygen atoms in total. The predicted octanol–water partition coefficient (Wildman–Crippen LogP) is 6.91. The van der Waals surface area contributed by atoms with Gasteiger partial charge in [0.15, 0.2) is 0 Å². The second kappa shape index (κ2) is 8.29. The molecule has 1 atom stereocenters. The molecule has 0 bridgehead atoms. The van der Waals surface area contributed by atoms with Crippen molar-refractivity contribution < 1.29 is 9.18 Å². The molecule has 31 heavy (non-hydrogen) atoms. The number of carbonyl (C=O) groups is 1. The normalized spacial score (nSPS) is 17.8. The van der Waals surface area contributed by atoms with Crippen LogP contribution in [0.2, 0.25) is 5.02 Å². The molecule has 2 aromatic carbocycles. The smallest absolute Gasteiger partial charge is 0.312 e. The number of nitrogens with one attached hydrogen (secondary N) is 1. The summed E-state index contributed by atoms with van der Waals surface area (Å²) in [6.45, 7) is 2.53. The van der Waals surface area contributed by atoms with Crippen LogP contribution in [0.4, 0.5) is 14.9 Å². The lowest BCUT2D eigenvalue weighted by atomic mass is 9.88. The van der Waals surface area contributed by atoms with Crippen LogP contribution in [-0.4, -0.2) is 17.5 Å². The van der Waals surface area contributed by atoms with E-state index in [4.69, 9.17) is 11.6 Å². The Morgan fingerprint density at radius 2 is 1.87 bits per heavy atom. The Balaban J connectivity index is 1.54. The van der Waals surface area contributed by atoms with Gasteiger partial charge in [-0.3, -0.25) is 0 Å². The van der Waals surface area contributed by atoms with Crippen LogP contribution in [-0.2, 0) is 19.3 Å². The quantitative estimate of drug-likeness (QED) is 0.448. The molecule has 0 saturated carbocycles. The molecule has 2 amide bonds. The molecule has 0 unspecified atom stereocenters. The standard InChI is InChI=1S/C25H24ClFN2OS/c1-15-20(26)6-4-7-21(15)28-25(30)29-14-13-19-18-5-2-3-8-22(18)31-24(19)23(29)16-9-11-17(27)12-10-16/h4,6-7,9-12,23H,2-3,5,8,13-14H2,1H3,(H,28,30)/t23-/m1/s1. The number of hydrogen-bond acceptors (Lipinski definition) is 2. The van der Waals surface area contributed by atoms with Crippen LogP contribution < -0.4 is 5.32 Å². The lowest BCUT2D eigenvalue weighted by Gasteiger charge is -2.36. The number of carbonyl (C=O) groups excluding carboxylic acids is 1. The molecular formula is C25H24ClFN2OS. The van der Waals surface area contributed by atoms with Crippen molar-refractivity contribution >= 4 is 34.7 Å². The maximum absolute atomic E-state index is 13.7. The highest BCUT2D eigenvalue weighted by molar-refractivity contribution is 7.12. The average Bonchev–Trinajstić information content (AvgIpc) is 3.15. The Hall–Kier alpha value is -2.37. The van der Waals surface area contributed by atoms with Crippen molar-refractivity contribution in [3.8, 4) is 0 Å². The van der Waals surface area contributed by atoms with Gasteiger partial charge in [-0.1, -0.05) is 29.8 Å². The predicted molar refractivity (Wildman–Crippen MR) is 125 cm³/mol. The Kier molecular flexibility index (Phi) is 5.49. The number of hydrogen-bond donors (Lipinski definition) is 1. The average molecular weight is 455 g/mol. The fourth-order valence-electron chi connectivity index (χ4n) is 4.78. The number of halogens is 2. The molecule has 160 valence electrons. The van der Waals surface area contributed by atoms with E-state index in [1.807, 2.05) is 41.4 Å². The molecule has 0 radical (unpaired) electrons. The van der Waals surface area contributed by atoms with Crippen LogP contribution in [0, 0.1) is 12.7 Å². The van der Waals surface area contributed by atoms with Crippen molar-refractivity contribution in [1.82, 2.24) is 4.90 Å². The van der Waals surface area contributed by atoms with Gasteiger partial charge in [0.2, 0.25) is 0 Å². The molecular weight excluding hydrogens is 431 g/mol. The molecule has 1 N–H and O–H groups in total. The second-order valence-corrected chi connectivity index (χ2v) is 9.84. The molecule has 5 rings (SSSR count). The Morgan fingerprint density at radius 1 is 1.10 bits per heavy atom. The highest BCUT2D eigenvalue weighted by Gasteiger charge is 2.36. The lowest BCUT2D eigenvalue weighted by molar-refractivity contribution is 0.195. The topological polar surface area (TPSA) is 32.3 Å². The first-order valence-electron chi connectivity index (χ1n) is 10.7. The van der Waals surface area contributed by atoms with E-state index >= 15 is 0 Å². The number of nitrogens with zero attached hydrogens (tertiary/aromatic N) is 1. The summed E-state index contributed by atoms with van der Waals surface area (Å²) in [5.41, 5.74) is 5.42. The third kappa shape index (κ3) is 3.74. The summed E-state index contributed by atoms with van der Waals surface area (Å²) < 4.78 is 13.7. The minimum absolute atomic E-state index is 0.156. The van der Waals surface area contributed by atoms with Crippen LogP contribution >= 0.6 is 22.9 Å². The van der Waals surface area contributed by atoms with Gasteiger partial charge in [-0.15, -0.1) is 11.3 Å². The summed E-state index contributed by atoms with van der Waals surface area (Å²) in [6, 6.07) is 11.7. The van der Waals surface area contributed by atoms with Crippen molar-refractivity contribution in [2.75, 3.05) is 11.9 Å². The van der Waals surface area contributed by atoms with Gasteiger partial charge in [-0.25, -0.2) is 9.18 Å². The van der Waals surface area contributed by atoms with E-state index in [1.165, 1.54) is 45.9 Å². The minimum Gasteiger partial charge on any atom is -0.312 e. The van der Waals surface area contributed by atoms with Crippen LogP contribution in [0.25, 0.3) is 0 Å². The summed E-state index contributed by atoms with van der Waals surface area (Å²) in [6.07, 6.45) is 5.57. The van der Waals surface area contributed by atoms with Gasteiger partial charge in [0.05, 0.1) is 6.04 Å². The van der Waals surface area contributed by atoms with Crippen LogP contribution in [0.3, 0.4) is 0 Å². The highest BCUT2D eigenvalue weighted by atomic mass is 35.5. The summed E-state index contributed by atoms with van der Waals surface area (Å²) in [7, 11) is 0. The monoisotopic (exact) mass is 454 g/mol. The number of rotatable bonds is 2. The van der Waals surface area contributed by atoms with Crippen molar-refractivity contribution in [1.29, 1.82) is 0 Å². The van der Waals surface area contributed by atoms with Gasteiger partial charge in [-0.2, -0.15) is 0 Å². The number of fused-ring (bicyclic) bond motifs is 3. The van der Waals surface area contributed by atoms with E-state index in [-0.39, 0.29) is 17.9 Å². The van der Waals surface area contributed by atoms with Gasteiger partial charge in [0, 0.05) is 27.0 Å². The minimum atomic E-state index is -0.268.